The first kappa shape index (κ1) is 19.8. The van der Waals surface area contributed by atoms with E-state index in [0.29, 0.717) is 26.1 Å². The number of carbonyl (C=O) groups excluding carboxylic acids is 3. The molecule has 0 radical (unpaired) electrons. The van der Waals surface area contributed by atoms with E-state index in [4.69, 9.17) is 0 Å². The van der Waals surface area contributed by atoms with Crippen LogP contribution in [-0.2, 0) is 14.4 Å². The Kier molecular flexibility index (Phi) is 5.04. The molecule has 2 aliphatic heterocycles. The van der Waals surface area contributed by atoms with E-state index in [1.807, 2.05) is 4.90 Å². The molecular weight excluding hydrogens is 380 g/mol. The lowest BCUT2D eigenvalue weighted by Crippen LogP contribution is -2.50. The average Bonchev–Trinajstić information content (AvgIpc) is 3.16. The van der Waals surface area contributed by atoms with Gasteiger partial charge in [-0.1, -0.05) is 0 Å². The molecular formula is C21H25F2N3O3. The van der Waals surface area contributed by atoms with Crippen molar-refractivity contribution in [2.24, 2.45) is 11.3 Å². The highest BCUT2D eigenvalue weighted by Crippen LogP contribution is 2.59. The highest BCUT2D eigenvalue weighted by molar-refractivity contribution is 5.95. The number of likely N-dealkylation sites (tertiary alicyclic amines) is 2. The molecule has 2 heterocycles. The molecule has 1 spiro atoms. The van der Waals surface area contributed by atoms with Crippen LogP contribution in [0, 0.1) is 23.0 Å². The number of rotatable bonds is 3. The predicted molar refractivity (Wildman–Crippen MR) is 102 cm³/mol. The van der Waals surface area contributed by atoms with Gasteiger partial charge >= 0.3 is 0 Å². The van der Waals surface area contributed by atoms with Gasteiger partial charge in [0.05, 0.1) is 0 Å². The van der Waals surface area contributed by atoms with E-state index < -0.39 is 11.6 Å². The fraction of sp³-hybridized carbons (Fsp3) is 0.571. The first-order valence-electron chi connectivity index (χ1n) is 10.1. The van der Waals surface area contributed by atoms with E-state index in [9.17, 15) is 23.2 Å². The van der Waals surface area contributed by atoms with Crippen LogP contribution in [-0.4, -0.2) is 53.2 Å². The number of nitrogens with one attached hydrogen (secondary N) is 1. The van der Waals surface area contributed by atoms with Crippen molar-refractivity contribution in [3.8, 4) is 0 Å². The Hall–Kier alpha value is -2.51. The van der Waals surface area contributed by atoms with Crippen LogP contribution in [0.1, 0.15) is 39.0 Å². The first-order valence-corrected chi connectivity index (χ1v) is 10.1. The molecule has 3 amide bonds. The second-order valence-corrected chi connectivity index (χ2v) is 8.43. The SMILES string of the molecule is CC(=O)N1CCC[C@H]1C(=O)N1CCC2(CC1)C[C@@H]2C(=O)Nc1ccc(F)c(F)c1. The summed E-state index contributed by atoms with van der Waals surface area (Å²) in [6, 6.07) is 2.96. The molecule has 4 rings (SSSR count). The molecule has 3 fully saturated rings. The summed E-state index contributed by atoms with van der Waals surface area (Å²) in [5.74, 6) is -2.36. The third kappa shape index (κ3) is 3.72. The predicted octanol–water partition coefficient (Wildman–Crippen LogP) is 2.54. The minimum Gasteiger partial charge on any atom is -0.341 e. The number of carbonyl (C=O) groups is 3. The molecule has 8 heteroatoms. The maximum absolute atomic E-state index is 13.3. The van der Waals surface area contributed by atoms with Crippen LogP contribution in [0.5, 0.6) is 0 Å². The van der Waals surface area contributed by atoms with Crippen molar-refractivity contribution in [2.75, 3.05) is 25.0 Å². The normalized spacial score (nSPS) is 25.2. The molecule has 156 valence electrons. The van der Waals surface area contributed by atoms with Crippen molar-refractivity contribution < 1.29 is 23.2 Å². The molecule has 2 saturated heterocycles. The third-order valence-corrected chi connectivity index (χ3v) is 6.71. The summed E-state index contributed by atoms with van der Waals surface area (Å²) in [5.41, 5.74) is 0.129. The van der Waals surface area contributed by atoms with Crippen molar-refractivity contribution in [3.63, 3.8) is 0 Å². The fourth-order valence-corrected chi connectivity index (χ4v) is 4.86. The zero-order chi connectivity index (χ0) is 20.8. The summed E-state index contributed by atoms with van der Waals surface area (Å²) in [5, 5.41) is 2.67. The first-order chi connectivity index (χ1) is 13.8. The summed E-state index contributed by atoms with van der Waals surface area (Å²) >= 11 is 0. The van der Waals surface area contributed by atoms with Crippen molar-refractivity contribution in [1.29, 1.82) is 0 Å². The minimum absolute atomic E-state index is 0.0102. The lowest BCUT2D eigenvalue weighted by Gasteiger charge is -2.36. The van der Waals surface area contributed by atoms with E-state index in [2.05, 4.69) is 5.32 Å². The van der Waals surface area contributed by atoms with Crippen LogP contribution in [0.3, 0.4) is 0 Å². The average molecular weight is 405 g/mol. The van der Waals surface area contributed by atoms with Crippen LogP contribution in [0.4, 0.5) is 14.5 Å². The number of nitrogens with zero attached hydrogens (tertiary/aromatic N) is 2. The van der Waals surface area contributed by atoms with Crippen molar-refractivity contribution in [3.05, 3.63) is 29.8 Å². The summed E-state index contributed by atoms with van der Waals surface area (Å²) in [6.07, 6.45) is 3.77. The summed E-state index contributed by atoms with van der Waals surface area (Å²) in [4.78, 5) is 40.6. The lowest BCUT2D eigenvalue weighted by atomic mass is 9.90. The van der Waals surface area contributed by atoms with Gasteiger partial charge in [-0.15, -0.1) is 0 Å². The number of piperidine rings is 1. The smallest absolute Gasteiger partial charge is 0.245 e. The number of benzene rings is 1. The molecule has 2 atom stereocenters. The van der Waals surface area contributed by atoms with E-state index >= 15 is 0 Å². The quantitative estimate of drug-likeness (QED) is 0.840. The Morgan fingerprint density at radius 3 is 2.48 bits per heavy atom. The molecule has 1 aromatic rings. The maximum atomic E-state index is 13.3. The molecule has 3 aliphatic rings. The van der Waals surface area contributed by atoms with Crippen LogP contribution in [0.15, 0.2) is 18.2 Å². The Balaban J connectivity index is 1.32. The molecule has 1 N–H and O–H groups in total. The van der Waals surface area contributed by atoms with Gasteiger partial charge in [0.25, 0.3) is 0 Å². The zero-order valence-electron chi connectivity index (χ0n) is 16.4. The van der Waals surface area contributed by atoms with Gasteiger partial charge in [0, 0.05) is 44.2 Å². The topological polar surface area (TPSA) is 69.7 Å². The number of amides is 3. The highest BCUT2D eigenvalue weighted by Gasteiger charge is 2.59. The Labute approximate surface area is 168 Å². The van der Waals surface area contributed by atoms with Gasteiger partial charge in [0.1, 0.15) is 6.04 Å². The number of anilines is 1. The minimum atomic E-state index is -0.994. The summed E-state index contributed by atoms with van der Waals surface area (Å²) in [6.45, 7) is 3.29. The van der Waals surface area contributed by atoms with Gasteiger partial charge in [0.15, 0.2) is 11.6 Å². The van der Waals surface area contributed by atoms with Gasteiger partial charge < -0.3 is 15.1 Å². The largest absolute Gasteiger partial charge is 0.341 e. The monoisotopic (exact) mass is 405 g/mol. The molecule has 1 saturated carbocycles. The van der Waals surface area contributed by atoms with Gasteiger partial charge in [-0.3, -0.25) is 14.4 Å². The second kappa shape index (κ2) is 7.39. The number of halogens is 2. The van der Waals surface area contributed by atoms with E-state index in [0.717, 1.165) is 37.8 Å². The Morgan fingerprint density at radius 1 is 1.10 bits per heavy atom. The second-order valence-electron chi connectivity index (χ2n) is 8.43. The van der Waals surface area contributed by atoms with Crippen LogP contribution in [0.2, 0.25) is 0 Å². The third-order valence-electron chi connectivity index (χ3n) is 6.71. The molecule has 1 aliphatic carbocycles. The molecule has 0 bridgehead atoms. The zero-order valence-corrected chi connectivity index (χ0v) is 16.4. The van der Waals surface area contributed by atoms with Crippen LogP contribution < -0.4 is 5.32 Å². The van der Waals surface area contributed by atoms with Crippen molar-refractivity contribution >= 4 is 23.4 Å². The van der Waals surface area contributed by atoms with Gasteiger partial charge in [0.2, 0.25) is 17.7 Å². The lowest BCUT2D eigenvalue weighted by molar-refractivity contribution is -0.144. The molecule has 1 aromatic carbocycles. The fourth-order valence-electron chi connectivity index (χ4n) is 4.86. The molecule has 0 aromatic heterocycles. The van der Waals surface area contributed by atoms with Crippen molar-refractivity contribution in [2.45, 2.75) is 45.1 Å². The van der Waals surface area contributed by atoms with Gasteiger partial charge in [-0.05, 0) is 49.7 Å². The maximum Gasteiger partial charge on any atom is 0.245 e. The number of hydrogen-bond donors (Lipinski definition) is 1. The van der Waals surface area contributed by atoms with Gasteiger partial charge in [-0.25, -0.2) is 8.78 Å². The highest BCUT2D eigenvalue weighted by atomic mass is 19.2. The molecule has 6 nitrogen and oxygen atoms in total. The van der Waals surface area contributed by atoms with Crippen molar-refractivity contribution in [1.82, 2.24) is 9.80 Å². The summed E-state index contributed by atoms with van der Waals surface area (Å²) < 4.78 is 26.4. The van der Waals surface area contributed by atoms with Gasteiger partial charge in [-0.2, -0.15) is 0 Å². The summed E-state index contributed by atoms with van der Waals surface area (Å²) in [7, 11) is 0. The van der Waals surface area contributed by atoms with Crippen LogP contribution >= 0.6 is 0 Å². The van der Waals surface area contributed by atoms with E-state index in [-0.39, 0.29) is 40.8 Å². The Morgan fingerprint density at radius 2 is 1.83 bits per heavy atom. The molecule has 29 heavy (non-hydrogen) atoms. The van der Waals surface area contributed by atoms with Crippen LogP contribution in [0.25, 0.3) is 0 Å². The standard InChI is InChI=1S/C21H25F2N3O3/c1-13(27)26-8-2-3-18(26)20(29)25-9-6-21(7-10-25)12-15(21)19(28)24-14-4-5-16(22)17(23)11-14/h4-5,11,15,18H,2-3,6-10,12H2,1H3,(H,24,28)/t15-,18+/m1/s1. The van der Waals surface area contributed by atoms with E-state index in [1.165, 1.54) is 13.0 Å². The number of hydrogen-bond acceptors (Lipinski definition) is 3. The molecule has 0 unspecified atom stereocenters. The Bertz CT molecular complexity index is 852. The van der Waals surface area contributed by atoms with E-state index in [1.54, 1.807) is 4.90 Å².